The minimum absolute atomic E-state index is 0.0916. The van der Waals surface area contributed by atoms with E-state index >= 15 is 0 Å². The molecule has 0 aliphatic carbocycles. The number of fused-ring (bicyclic) bond motifs is 1. The zero-order chi connectivity index (χ0) is 20.9. The molecule has 4 atom stereocenters. The molecule has 162 valence electrons. The minimum Gasteiger partial charge on any atom is -0.354 e. The van der Waals surface area contributed by atoms with Gasteiger partial charge in [0.2, 0.25) is 15.9 Å². The van der Waals surface area contributed by atoms with Gasteiger partial charge in [-0.05, 0) is 62.7 Å². The maximum Gasteiger partial charge on any atom is 0.241 e. The van der Waals surface area contributed by atoms with Gasteiger partial charge in [-0.25, -0.2) is 8.42 Å². The summed E-state index contributed by atoms with van der Waals surface area (Å²) in [5, 5.41) is 3.08. The van der Waals surface area contributed by atoms with Gasteiger partial charge < -0.3 is 10.2 Å². The standard InChI is InChI=1S/C22H35N3O3S/c1-3-17(2)21(24-29(27,28)19-11-5-4-6-12-19)22(26)23-16-18-10-9-15-25-14-8-7-13-20(18)25/h4-6,11-12,17-18,20-21,24H,3,7-10,13-16H2,1-2H3,(H,23,26)/t17-,18+,20-,21+/m1/s1. The Labute approximate surface area is 175 Å². The number of piperidine rings is 2. The van der Waals surface area contributed by atoms with Crippen LogP contribution in [0.1, 0.15) is 52.4 Å². The molecular formula is C22H35N3O3S. The van der Waals surface area contributed by atoms with Gasteiger partial charge in [-0.2, -0.15) is 4.72 Å². The molecule has 1 aromatic rings. The summed E-state index contributed by atoms with van der Waals surface area (Å²) < 4.78 is 28.2. The third-order valence-electron chi connectivity index (χ3n) is 6.60. The second-order valence-electron chi connectivity index (χ2n) is 8.54. The molecule has 1 aromatic carbocycles. The van der Waals surface area contributed by atoms with E-state index in [1.807, 2.05) is 13.8 Å². The molecule has 7 heteroatoms. The van der Waals surface area contributed by atoms with Gasteiger partial charge in [0, 0.05) is 12.6 Å². The maximum atomic E-state index is 13.0. The Morgan fingerprint density at radius 2 is 1.86 bits per heavy atom. The lowest BCUT2D eigenvalue weighted by Crippen LogP contribution is -2.54. The fourth-order valence-electron chi connectivity index (χ4n) is 4.66. The predicted molar refractivity (Wildman–Crippen MR) is 115 cm³/mol. The topological polar surface area (TPSA) is 78.5 Å². The van der Waals surface area contributed by atoms with Crippen molar-refractivity contribution in [2.45, 2.75) is 69.4 Å². The first-order chi connectivity index (χ1) is 13.9. The van der Waals surface area contributed by atoms with Gasteiger partial charge in [0.15, 0.2) is 0 Å². The van der Waals surface area contributed by atoms with E-state index in [1.54, 1.807) is 30.3 Å². The van der Waals surface area contributed by atoms with Crippen molar-refractivity contribution in [2.24, 2.45) is 11.8 Å². The quantitative estimate of drug-likeness (QED) is 0.677. The Kier molecular flexibility index (Phi) is 7.71. The summed E-state index contributed by atoms with van der Waals surface area (Å²) in [4.78, 5) is 15.8. The molecule has 6 nitrogen and oxygen atoms in total. The Bertz CT molecular complexity index is 767. The Balaban J connectivity index is 1.65. The largest absolute Gasteiger partial charge is 0.354 e. The van der Waals surface area contributed by atoms with Gasteiger partial charge in [0.1, 0.15) is 6.04 Å². The lowest BCUT2D eigenvalue weighted by atomic mass is 9.83. The Morgan fingerprint density at radius 1 is 1.14 bits per heavy atom. The number of carbonyl (C=O) groups is 1. The molecule has 0 spiro atoms. The van der Waals surface area contributed by atoms with Gasteiger partial charge in [-0.3, -0.25) is 4.79 Å². The number of hydrogen-bond acceptors (Lipinski definition) is 4. The van der Waals surface area contributed by atoms with Crippen molar-refractivity contribution in [3.05, 3.63) is 30.3 Å². The number of hydrogen-bond donors (Lipinski definition) is 2. The van der Waals surface area contributed by atoms with Crippen molar-refractivity contribution >= 4 is 15.9 Å². The van der Waals surface area contributed by atoms with E-state index in [0.717, 1.165) is 12.8 Å². The summed E-state index contributed by atoms with van der Waals surface area (Å²) in [7, 11) is -3.74. The normalized spacial score (nSPS) is 25.0. The molecule has 2 aliphatic heterocycles. The first-order valence-corrected chi connectivity index (χ1v) is 12.5. The molecule has 0 bridgehead atoms. The van der Waals surface area contributed by atoms with Crippen LogP contribution in [0.3, 0.4) is 0 Å². The summed E-state index contributed by atoms with van der Waals surface area (Å²) in [5.41, 5.74) is 0. The fourth-order valence-corrected chi connectivity index (χ4v) is 5.98. The highest BCUT2D eigenvalue weighted by Gasteiger charge is 2.34. The molecule has 0 unspecified atom stereocenters. The number of sulfonamides is 1. The van der Waals surface area contributed by atoms with Crippen LogP contribution in [-0.2, 0) is 14.8 Å². The van der Waals surface area contributed by atoms with E-state index in [9.17, 15) is 13.2 Å². The molecule has 2 fully saturated rings. The van der Waals surface area contributed by atoms with Crippen molar-refractivity contribution in [3.63, 3.8) is 0 Å². The lowest BCUT2D eigenvalue weighted by Gasteiger charge is -2.44. The van der Waals surface area contributed by atoms with Gasteiger partial charge in [0.05, 0.1) is 4.90 Å². The molecule has 29 heavy (non-hydrogen) atoms. The monoisotopic (exact) mass is 421 g/mol. The molecule has 0 aromatic heterocycles. The zero-order valence-corrected chi connectivity index (χ0v) is 18.5. The van der Waals surface area contributed by atoms with Crippen LogP contribution in [0.5, 0.6) is 0 Å². The second kappa shape index (κ2) is 10.0. The molecule has 0 radical (unpaired) electrons. The molecular weight excluding hydrogens is 386 g/mol. The van der Waals surface area contributed by atoms with Gasteiger partial charge in [0.25, 0.3) is 0 Å². The van der Waals surface area contributed by atoms with Crippen LogP contribution in [0.25, 0.3) is 0 Å². The van der Waals surface area contributed by atoms with E-state index in [2.05, 4.69) is 14.9 Å². The molecule has 1 amide bonds. The average molecular weight is 422 g/mol. The van der Waals surface area contributed by atoms with Crippen molar-refractivity contribution in [1.82, 2.24) is 14.9 Å². The molecule has 2 aliphatic rings. The molecule has 2 saturated heterocycles. The van der Waals surface area contributed by atoms with Crippen molar-refractivity contribution in [1.29, 1.82) is 0 Å². The third-order valence-corrected chi connectivity index (χ3v) is 8.06. The lowest BCUT2D eigenvalue weighted by molar-refractivity contribution is -0.124. The van der Waals surface area contributed by atoms with E-state index in [1.165, 1.54) is 38.8 Å². The van der Waals surface area contributed by atoms with Crippen molar-refractivity contribution < 1.29 is 13.2 Å². The van der Waals surface area contributed by atoms with Crippen LogP contribution in [0, 0.1) is 11.8 Å². The van der Waals surface area contributed by atoms with Gasteiger partial charge in [-0.15, -0.1) is 0 Å². The highest BCUT2D eigenvalue weighted by atomic mass is 32.2. The second-order valence-corrected chi connectivity index (χ2v) is 10.3. The maximum absolute atomic E-state index is 13.0. The number of benzene rings is 1. The van der Waals surface area contributed by atoms with Crippen LogP contribution in [-0.4, -0.2) is 50.9 Å². The van der Waals surface area contributed by atoms with E-state index in [4.69, 9.17) is 0 Å². The number of rotatable bonds is 8. The number of amides is 1. The number of carbonyl (C=O) groups excluding carboxylic acids is 1. The number of nitrogens with one attached hydrogen (secondary N) is 2. The first kappa shape index (κ1) is 22.2. The van der Waals surface area contributed by atoms with E-state index in [0.29, 0.717) is 18.5 Å². The van der Waals surface area contributed by atoms with Crippen LogP contribution >= 0.6 is 0 Å². The first-order valence-electron chi connectivity index (χ1n) is 11.0. The van der Waals surface area contributed by atoms with Crippen molar-refractivity contribution in [2.75, 3.05) is 19.6 Å². The highest BCUT2D eigenvalue weighted by molar-refractivity contribution is 7.89. The van der Waals surface area contributed by atoms with Crippen LogP contribution in [0.15, 0.2) is 35.2 Å². The summed E-state index contributed by atoms with van der Waals surface area (Å²) in [6.45, 7) is 6.85. The zero-order valence-electron chi connectivity index (χ0n) is 17.6. The molecule has 0 saturated carbocycles. The molecule has 3 rings (SSSR count). The Morgan fingerprint density at radius 3 is 2.59 bits per heavy atom. The van der Waals surface area contributed by atoms with Gasteiger partial charge in [-0.1, -0.05) is 44.9 Å². The number of nitrogens with zero attached hydrogens (tertiary/aromatic N) is 1. The summed E-state index contributed by atoms with van der Waals surface area (Å²) in [5.74, 6) is 0.147. The van der Waals surface area contributed by atoms with Crippen LogP contribution in [0.2, 0.25) is 0 Å². The van der Waals surface area contributed by atoms with Crippen LogP contribution in [0.4, 0.5) is 0 Å². The van der Waals surface area contributed by atoms with Crippen molar-refractivity contribution in [3.8, 4) is 0 Å². The predicted octanol–water partition coefficient (Wildman–Crippen LogP) is 2.76. The average Bonchev–Trinajstić information content (AvgIpc) is 2.76. The molecule has 2 N–H and O–H groups in total. The molecule has 2 heterocycles. The third kappa shape index (κ3) is 5.58. The van der Waals surface area contributed by atoms with E-state index < -0.39 is 16.1 Å². The smallest absolute Gasteiger partial charge is 0.241 e. The Hall–Kier alpha value is -1.44. The summed E-state index contributed by atoms with van der Waals surface area (Å²) >= 11 is 0. The fraction of sp³-hybridized carbons (Fsp3) is 0.682. The summed E-state index contributed by atoms with van der Waals surface area (Å²) in [6.07, 6.45) is 6.76. The van der Waals surface area contributed by atoms with Gasteiger partial charge >= 0.3 is 0 Å². The summed E-state index contributed by atoms with van der Waals surface area (Å²) in [6, 6.07) is 8.03. The van der Waals surface area contributed by atoms with Crippen LogP contribution < -0.4 is 10.0 Å². The highest BCUT2D eigenvalue weighted by Crippen LogP contribution is 2.30. The minimum atomic E-state index is -3.74. The van der Waals surface area contributed by atoms with E-state index in [-0.39, 0.29) is 16.7 Å². The SMILES string of the molecule is CC[C@@H](C)[C@H](NS(=O)(=O)c1ccccc1)C(=O)NC[C@@H]1CCCN2CCCC[C@H]12.